The molecule has 0 unspecified atom stereocenters. The number of esters is 1. The lowest BCUT2D eigenvalue weighted by atomic mass is 10.2. The molecular formula is C20H15NO4S. The highest BCUT2D eigenvalue weighted by atomic mass is 32.2. The Morgan fingerprint density at radius 2 is 1.50 bits per heavy atom. The number of nitro groups is 1. The van der Waals surface area contributed by atoms with Crippen LogP contribution in [0.4, 0.5) is 5.69 Å². The normalized spacial score (nSPS) is 10.3. The van der Waals surface area contributed by atoms with Crippen LogP contribution in [0.5, 0.6) is 0 Å². The summed E-state index contributed by atoms with van der Waals surface area (Å²) in [5, 5.41) is 11.2. The fourth-order valence-electron chi connectivity index (χ4n) is 2.34. The highest BCUT2D eigenvalue weighted by Gasteiger charge is 2.18. The average molecular weight is 365 g/mol. The SMILES string of the molecule is O=C(OCc1ccccc1)c1ccccc1Sc1ccccc1[N+](=O)[O-]. The van der Waals surface area contributed by atoms with E-state index < -0.39 is 10.9 Å². The molecule has 3 aromatic rings. The van der Waals surface area contributed by atoms with Crippen LogP contribution in [-0.2, 0) is 11.3 Å². The molecule has 0 saturated carbocycles. The maximum Gasteiger partial charge on any atom is 0.339 e. The van der Waals surface area contributed by atoms with E-state index in [1.807, 2.05) is 30.3 Å². The van der Waals surface area contributed by atoms with E-state index in [9.17, 15) is 14.9 Å². The lowest BCUT2D eigenvalue weighted by Gasteiger charge is -2.09. The number of carbonyl (C=O) groups excluding carboxylic acids is 1. The lowest BCUT2D eigenvalue weighted by molar-refractivity contribution is -0.387. The average Bonchev–Trinajstić information content (AvgIpc) is 2.67. The van der Waals surface area contributed by atoms with Crippen molar-refractivity contribution < 1.29 is 14.5 Å². The zero-order chi connectivity index (χ0) is 18.4. The zero-order valence-electron chi connectivity index (χ0n) is 13.7. The Balaban J connectivity index is 1.80. The standard InChI is InChI=1S/C20H15NO4S/c22-20(25-14-15-8-2-1-3-9-15)16-10-4-6-12-18(16)26-19-13-7-5-11-17(19)21(23)24/h1-13H,14H2. The smallest absolute Gasteiger partial charge is 0.339 e. The van der Waals surface area contributed by atoms with Crippen LogP contribution in [0.3, 0.4) is 0 Å². The van der Waals surface area contributed by atoms with Crippen LogP contribution >= 0.6 is 11.8 Å². The number of carbonyl (C=O) groups is 1. The molecule has 26 heavy (non-hydrogen) atoms. The Morgan fingerprint density at radius 1 is 0.885 bits per heavy atom. The first-order valence-electron chi connectivity index (χ1n) is 7.86. The molecule has 0 spiro atoms. The van der Waals surface area contributed by atoms with Gasteiger partial charge in [-0.2, -0.15) is 0 Å². The van der Waals surface area contributed by atoms with Crippen LogP contribution in [0.1, 0.15) is 15.9 Å². The first-order chi connectivity index (χ1) is 12.6. The predicted molar refractivity (Wildman–Crippen MR) is 99.2 cm³/mol. The van der Waals surface area contributed by atoms with Crippen LogP contribution < -0.4 is 0 Å². The number of nitro benzene ring substituents is 1. The monoisotopic (exact) mass is 365 g/mol. The Kier molecular flexibility index (Phi) is 5.66. The van der Waals surface area contributed by atoms with Gasteiger partial charge in [0, 0.05) is 11.0 Å². The maximum absolute atomic E-state index is 12.5. The quantitative estimate of drug-likeness (QED) is 0.345. The van der Waals surface area contributed by atoms with Crippen molar-refractivity contribution in [3.05, 3.63) is 100 Å². The van der Waals surface area contributed by atoms with Crippen LogP contribution in [0.2, 0.25) is 0 Å². The van der Waals surface area contributed by atoms with Crippen molar-refractivity contribution in [2.75, 3.05) is 0 Å². The van der Waals surface area contributed by atoms with E-state index in [2.05, 4.69) is 0 Å². The number of ether oxygens (including phenoxy) is 1. The molecule has 0 saturated heterocycles. The molecule has 0 bridgehead atoms. The minimum atomic E-state index is -0.462. The van der Waals surface area contributed by atoms with Crippen molar-refractivity contribution >= 4 is 23.4 Å². The third kappa shape index (κ3) is 4.29. The van der Waals surface area contributed by atoms with Gasteiger partial charge in [0.2, 0.25) is 0 Å². The largest absolute Gasteiger partial charge is 0.457 e. The first-order valence-corrected chi connectivity index (χ1v) is 8.68. The van der Waals surface area contributed by atoms with E-state index >= 15 is 0 Å². The molecule has 3 aromatic carbocycles. The molecule has 0 heterocycles. The summed E-state index contributed by atoms with van der Waals surface area (Å²) < 4.78 is 5.38. The number of hydrogen-bond donors (Lipinski definition) is 0. The molecule has 0 aliphatic heterocycles. The fourth-order valence-corrected chi connectivity index (χ4v) is 3.38. The molecule has 0 aliphatic rings. The summed E-state index contributed by atoms with van der Waals surface area (Å²) in [7, 11) is 0. The van der Waals surface area contributed by atoms with Crippen molar-refractivity contribution in [3.63, 3.8) is 0 Å². The van der Waals surface area contributed by atoms with Crippen molar-refractivity contribution in [2.45, 2.75) is 16.4 Å². The third-order valence-corrected chi connectivity index (χ3v) is 4.74. The lowest BCUT2D eigenvalue weighted by Crippen LogP contribution is -2.06. The van der Waals surface area contributed by atoms with Gasteiger partial charge in [0.15, 0.2) is 0 Å². The van der Waals surface area contributed by atoms with E-state index in [1.54, 1.807) is 42.5 Å². The van der Waals surface area contributed by atoms with Crippen molar-refractivity contribution in [1.29, 1.82) is 0 Å². The second-order valence-electron chi connectivity index (χ2n) is 5.38. The summed E-state index contributed by atoms with van der Waals surface area (Å²) in [6.07, 6.45) is 0. The van der Waals surface area contributed by atoms with Gasteiger partial charge in [0.05, 0.1) is 15.4 Å². The number of benzene rings is 3. The van der Waals surface area contributed by atoms with Gasteiger partial charge in [-0.25, -0.2) is 4.79 Å². The van der Waals surface area contributed by atoms with Crippen molar-refractivity contribution in [3.8, 4) is 0 Å². The van der Waals surface area contributed by atoms with Gasteiger partial charge < -0.3 is 4.74 Å². The minimum Gasteiger partial charge on any atom is -0.457 e. The van der Waals surface area contributed by atoms with E-state index in [1.165, 1.54) is 17.8 Å². The molecule has 3 rings (SSSR count). The number of rotatable bonds is 6. The molecule has 0 aliphatic carbocycles. The molecule has 6 heteroatoms. The van der Waals surface area contributed by atoms with Crippen molar-refractivity contribution in [1.82, 2.24) is 0 Å². The van der Waals surface area contributed by atoms with E-state index in [4.69, 9.17) is 4.74 Å². The van der Waals surface area contributed by atoms with Gasteiger partial charge in [0.1, 0.15) is 6.61 Å². The van der Waals surface area contributed by atoms with E-state index in [0.717, 1.165) is 5.56 Å². The van der Waals surface area contributed by atoms with Gasteiger partial charge in [0.25, 0.3) is 5.69 Å². The Morgan fingerprint density at radius 3 is 2.23 bits per heavy atom. The minimum absolute atomic E-state index is 0.00459. The molecular weight excluding hydrogens is 350 g/mol. The summed E-state index contributed by atoms with van der Waals surface area (Å²) in [5.74, 6) is -0.462. The third-order valence-electron chi connectivity index (χ3n) is 3.60. The van der Waals surface area contributed by atoms with Crippen LogP contribution in [0.15, 0.2) is 88.7 Å². The van der Waals surface area contributed by atoms with Gasteiger partial charge >= 0.3 is 5.97 Å². The Labute approximate surface area is 154 Å². The predicted octanol–water partition coefficient (Wildman–Crippen LogP) is 5.10. The molecule has 130 valence electrons. The number of nitrogens with zero attached hydrogens (tertiary/aromatic N) is 1. The Bertz CT molecular complexity index is 928. The zero-order valence-corrected chi connectivity index (χ0v) is 14.5. The molecule has 0 aromatic heterocycles. The molecule has 0 N–H and O–H groups in total. The molecule has 0 radical (unpaired) electrons. The van der Waals surface area contributed by atoms with E-state index in [-0.39, 0.29) is 12.3 Å². The van der Waals surface area contributed by atoms with Crippen LogP contribution in [-0.4, -0.2) is 10.9 Å². The Hall–Kier alpha value is -3.12. The summed E-state index contributed by atoms with van der Waals surface area (Å²) in [5.41, 5.74) is 1.28. The van der Waals surface area contributed by atoms with Gasteiger partial charge in [-0.05, 0) is 23.8 Å². The summed E-state index contributed by atoms with van der Waals surface area (Å²) >= 11 is 1.18. The first kappa shape index (κ1) is 17.7. The highest BCUT2D eigenvalue weighted by Crippen LogP contribution is 2.36. The molecule has 0 amide bonds. The van der Waals surface area contributed by atoms with Gasteiger partial charge in [-0.3, -0.25) is 10.1 Å². The van der Waals surface area contributed by atoms with Crippen LogP contribution in [0.25, 0.3) is 0 Å². The van der Waals surface area contributed by atoms with Crippen molar-refractivity contribution in [2.24, 2.45) is 0 Å². The highest BCUT2D eigenvalue weighted by molar-refractivity contribution is 7.99. The van der Waals surface area contributed by atoms with Gasteiger partial charge in [-0.1, -0.05) is 66.4 Å². The molecule has 0 fully saturated rings. The van der Waals surface area contributed by atoms with E-state index in [0.29, 0.717) is 15.4 Å². The summed E-state index contributed by atoms with van der Waals surface area (Å²) in [6, 6.07) is 22.8. The number of hydrogen-bond acceptors (Lipinski definition) is 5. The topological polar surface area (TPSA) is 69.4 Å². The summed E-state index contributed by atoms with van der Waals surface area (Å²) in [6.45, 7) is 0.171. The molecule has 5 nitrogen and oxygen atoms in total. The fraction of sp³-hybridized carbons (Fsp3) is 0.0500. The van der Waals surface area contributed by atoms with Gasteiger partial charge in [-0.15, -0.1) is 0 Å². The van der Waals surface area contributed by atoms with Crippen LogP contribution in [0, 0.1) is 10.1 Å². The maximum atomic E-state index is 12.5. The number of para-hydroxylation sites is 1. The molecule has 0 atom stereocenters. The second kappa shape index (κ2) is 8.31. The summed E-state index contributed by atoms with van der Waals surface area (Å²) in [4.78, 5) is 24.3. The second-order valence-corrected chi connectivity index (χ2v) is 6.47.